The van der Waals surface area contributed by atoms with Gasteiger partial charge in [-0.05, 0) is 18.9 Å². The first-order chi connectivity index (χ1) is 7.84. The van der Waals surface area contributed by atoms with Gasteiger partial charge in [-0.3, -0.25) is 4.79 Å². The highest BCUT2D eigenvalue weighted by atomic mass is 16.5. The second-order valence-electron chi connectivity index (χ2n) is 4.05. The second-order valence-corrected chi connectivity index (χ2v) is 4.05. The lowest BCUT2D eigenvalue weighted by molar-refractivity contribution is 0.0962. The molecule has 2 aromatic heterocycles. The molecule has 84 valence electrons. The minimum absolute atomic E-state index is 0.00417. The summed E-state index contributed by atoms with van der Waals surface area (Å²) in [7, 11) is 0. The van der Waals surface area contributed by atoms with Crippen molar-refractivity contribution in [3.8, 4) is 0 Å². The van der Waals surface area contributed by atoms with E-state index in [-0.39, 0.29) is 11.7 Å². The predicted octanol–water partition coefficient (Wildman–Crippen LogP) is 0.675. The third-order valence-corrected chi connectivity index (χ3v) is 2.96. The average Bonchev–Trinajstić information content (AvgIpc) is 2.93. The van der Waals surface area contributed by atoms with Gasteiger partial charge >= 0.3 is 0 Å². The van der Waals surface area contributed by atoms with E-state index in [4.69, 9.17) is 4.74 Å². The molecule has 0 aliphatic carbocycles. The minimum Gasteiger partial charge on any atom is -0.376 e. The zero-order valence-electron chi connectivity index (χ0n) is 8.87. The fourth-order valence-electron chi connectivity index (χ4n) is 2.11. The molecule has 1 atom stereocenters. The number of rotatable bonds is 2. The van der Waals surface area contributed by atoms with Crippen molar-refractivity contribution in [2.24, 2.45) is 0 Å². The smallest absolute Gasteiger partial charge is 0.276 e. The molecule has 3 heterocycles. The maximum Gasteiger partial charge on any atom is 0.276 e. The number of aromatic nitrogens is 3. The molecule has 0 aromatic carbocycles. The van der Waals surface area contributed by atoms with E-state index in [1.165, 1.54) is 0 Å². The van der Waals surface area contributed by atoms with E-state index in [9.17, 15) is 4.79 Å². The average molecular weight is 219 g/mol. The molecule has 0 N–H and O–H groups in total. The van der Waals surface area contributed by atoms with E-state index in [0.717, 1.165) is 19.4 Å². The molecule has 16 heavy (non-hydrogen) atoms. The van der Waals surface area contributed by atoms with Crippen molar-refractivity contribution in [2.45, 2.75) is 25.5 Å². The van der Waals surface area contributed by atoms with E-state index >= 15 is 0 Å². The fraction of sp³-hybridized carbons (Fsp3) is 0.455. The molecule has 0 spiro atoms. The Kier molecular flexibility index (Phi) is 2.25. The first-order valence-electron chi connectivity index (χ1n) is 5.49. The minimum atomic E-state index is -0.00417. The van der Waals surface area contributed by atoms with E-state index in [1.54, 1.807) is 33.7 Å². The van der Waals surface area contributed by atoms with Crippen LogP contribution in [0.25, 0.3) is 5.52 Å². The molecule has 5 heteroatoms. The van der Waals surface area contributed by atoms with Gasteiger partial charge in [-0.15, -0.1) is 0 Å². The Hall–Kier alpha value is -1.62. The van der Waals surface area contributed by atoms with Crippen molar-refractivity contribution < 1.29 is 4.74 Å². The lowest BCUT2D eigenvalue weighted by Gasteiger charge is -2.11. The molecular weight excluding hydrogens is 206 g/mol. The van der Waals surface area contributed by atoms with Crippen LogP contribution in [0.15, 0.2) is 29.5 Å². The molecule has 1 unspecified atom stereocenters. The van der Waals surface area contributed by atoms with Gasteiger partial charge in [-0.1, -0.05) is 0 Å². The van der Waals surface area contributed by atoms with Crippen molar-refractivity contribution in [3.05, 3.63) is 35.0 Å². The van der Waals surface area contributed by atoms with Crippen LogP contribution in [0.3, 0.4) is 0 Å². The van der Waals surface area contributed by atoms with Gasteiger partial charge in [0.1, 0.15) is 5.52 Å². The van der Waals surface area contributed by atoms with Gasteiger partial charge in [0, 0.05) is 19.0 Å². The van der Waals surface area contributed by atoms with Gasteiger partial charge in [0.25, 0.3) is 5.56 Å². The maximum absolute atomic E-state index is 12.0. The Labute approximate surface area is 92.3 Å². The Morgan fingerprint density at radius 1 is 1.50 bits per heavy atom. The van der Waals surface area contributed by atoms with Gasteiger partial charge < -0.3 is 9.30 Å². The predicted molar refractivity (Wildman–Crippen MR) is 58.4 cm³/mol. The van der Waals surface area contributed by atoms with E-state index in [2.05, 4.69) is 5.10 Å². The SMILES string of the molecule is O=c1c2ccnn2ccn1CC1CCCO1. The molecule has 1 saturated heterocycles. The highest BCUT2D eigenvalue weighted by Gasteiger charge is 2.16. The fourth-order valence-corrected chi connectivity index (χ4v) is 2.11. The molecule has 2 aromatic rings. The molecule has 1 fully saturated rings. The zero-order valence-corrected chi connectivity index (χ0v) is 8.87. The first kappa shape index (κ1) is 9.59. The lowest BCUT2D eigenvalue weighted by atomic mass is 10.2. The summed E-state index contributed by atoms with van der Waals surface area (Å²) >= 11 is 0. The number of nitrogens with zero attached hydrogens (tertiary/aromatic N) is 3. The number of fused-ring (bicyclic) bond motifs is 1. The van der Waals surface area contributed by atoms with Crippen LogP contribution in [0.5, 0.6) is 0 Å². The summed E-state index contributed by atoms with van der Waals surface area (Å²) in [6, 6.07) is 1.73. The molecule has 0 saturated carbocycles. The number of hydrogen-bond acceptors (Lipinski definition) is 3. The first-order valence-corrected chi connectivity index (χ1v) is 5.49. The topological polar surface area (TPSA) is 48.5 Å². The summed E-state index contributed by atoms with van der Waals surface area (Å²) in [5.74, 6) is 0. The third kappa shape index (κ3) is 1.53. The Balaban J connectivity index is 1.96. The maximum atomic E-state index is 12.0. The summed E-state index contributed by atoms with van der Waals surface area (Å²) < 4.78 is 8.82. The second kappa shape index (κ2) is 3.75. The Morgan fingerprint density at radius 3 is 3.25 bits per heavy atom. The molecule has 1 aliphatic heterocycles. The molecule has 5 nitrogen and oxygen atoms in total. The molecule has 1 aliphatic rings. The zero-order chi connectivity index (χ0) is 11.0. The van der Waals surface area contributed by atoms with Crippen LogP contribution in [0, 0.1) is 0 Å². The van der Waals surface area contributed by atoms with Crippen molar-refractivity contribution in [3.63, 3.8) is 0 Å². The van der Waals surface area contributed by atoms with Gasteiger partial charge in [-0.25, -0.2) is 4.52 Å². The summed E-state index contributed by atoms with van der Waals surface area (Å²) in [6.07, 6.45) is 7.51. The number of hydrogen-bond donors (Lipinski definition) is 0. The highest BCUT2D eigenvalue weighted by molar-refractivity contribution is 5.42. The summed E-state index contributed by atoms with van der Waals surface area (Å²) in [5.41, 5.74) is 0.607. The van der Waals surface area contributed by atoms with Crippen LogP contribution in [-0.4, -0.2) is 26.9 Å². The molecule has 0 bridgehead atoms. The van der Waals surface area contributed by atoms with Crippen LogP contribution in [0.4, 0.5) is 0 Å². The van der Waals surface area contributed by atoms with Crippen LogP contribution in [0.1, 0.15) is 12.8 Å². The van der Waals surface area contributed by atoms with Gasteiger partial charge in [0.05, 0.1) is 18.8 Å². The molecule has 3 rings (SSSR count). The Morgan fingerprint density at radius 2 is 2.44 bits per heavy atom. The quantitative estimate of drug-likeness (QED) is 0.746. The normalized spacial score (nSPS) is 20.6. The molecular formula is C11H13N3O2. The van der Waals surface area contributed by atoms with Crippen LogP contribution >= 0.6 is 0 Å². The summed E-state index contributed by atoms with van der Waals surface area (Å²) in [5, 5.41) is 4.02. The lowest BCUT2D eigenvalue weighted by Crippen LogP contribution is -2.26. The van der Waals surface area contributed by atoms with Crippen molar-refractivity contribution in [1.82, 2.24) is 14.2 Å². The van der Waals surface area contributed by atoms with Crippen molar-refractivity contribution in [1.29, 1.82) is 0 Å². The van der Waals surface area contributed by atoms with Crippen molar-refractivity contribution >= 4 is 5.52 Å². The third-order valence-electron chi connectivity index (χ3n) is 2.96. The number of ether oxygens (including phenoxy) is 1. The van der Waals surface area contributed by atoms with E-state index in [0.29, 0.717) is 12.1 Å². The van der Waals surface area contributed by atoms with Crippen LogP contribution in [-0.2, 0) is 11.3 Å². The van der Waals surface area contributed by atoms with Gasteiger partial charge in [0.2, 0.25) is 0 Å². The van der Waals surface area contributed by atoms with Gasteiger partial charge in [-0.2, -0.15) is 5.10 Å². The van der Waals surface area contributed by atoms with Crippen LogP contribution in [0.2, 0.25) is 0 Å². The van der Waals surface area contributed by atoms with Crippen LogP contribution < -0.4 is 5.56 Å². The summed E-state index contributed by atoms with van der Waals surface area (Å²) in [4.78, 5) is 12.0. The monoisotopic (exact) mass is 219 g/mol. The Bertz CT molecular complexity index is 552. The van der Waals surface area contributed by atoms with E-state index < -0.39 is 0 Å². The molecule has 0 amide bonds. The standard InChI is InChI=1S/C11H13N3O2/c15-11-10-3-4-12-14(10)6-5-13(11)8-9-2-1-7-16-9/h3-6,9H,1-2,7-8H2. The largest absolute Gasteiger partial charge is 0.376 e. The molecule has 0 radical (unpaired) electrons. The summed E-state index contributed by atoms with van der Waals surface area (Å²) in [6.45, 7) is 1.45. The van der Waals surface area contributed by atoms with Crippen molar-refractivity contribution in [2.75, 3.05) is 6.61 Å². The van der Waals surface area contributed by atoms with Gasteiger partial charge in [0.15, 0.2) is 0 Å². The van der Waals surface area contributed by atoms with E-state index in [1.807, 2.05) is 0 Å². The highest BCUT2D eigenvalue weighted by Crippen LogP contribution is 2.13.